The fourth-order valence-corrected chi connectivity index (χ4v) is 15.9. The molecule has 0 amide bonds. The molecule has 0 heterocycles. The predicted molar refractivity (Wildman–Crippen MR) is 523 cm³/mol. The number of unbranched alkanes of at least 4 members (excludes halogenated alkanes) is 84. The molecule has 12 heteroatoms. The van der Waals surface area contributed by atoms with Gasteiger partial charge in [0.1, 0.15) is 0 Å². The minimum absolute atomic E-state index is 0.345. The molecule has 12 nitrogen and oxygen atoms in total. The van der Waals surface area contributed by atoms with Crippen molar-refractivity contribution in [3.8, 4) is 0 Å². The third-order valence-corrected chi connectivity index (χ3v) is 24.0. The summed E-state index contributed by atoms with van der Waals surface area (Å²) in [6, 6.07) is 0. The fraction of sp³-hybridized carbons (Fsp3) is 0.944. The highest BCUT2D eigenvalue weighted by Gasteiger charge is 2.05. The SMILES string of the molecule is CCCCCCCCCCCCCCCCCC(=O)O.CCCCCCCCCCCCCCCCCC(=O)O.CCCCCCCCCCCCCCCCCC(=O)O.CCCCCCCCCCCCCCCCCC(=O)O.CCCCCCCCCCCCCCCCCC(=O)O.CCCCCCCCCCCCCCCCCC(=O)O. The van der Waals surface area contributed by atoms with Crippen LogP contribution in [0.4, 0.5) is 0 Å². The molecular formula is C108H216O12. The molecular weight excluding hydrogens is 1490 g/mol. The number of carboxylic acid groups (broad SMARTS) is 6. The Morgan fingerprint density at radius 3 is 0.200 bits per heavy atom. The molecule has 720 valence electrons. The molecule has 0 aliphatic rings. The van der Waals surface area contributed by atoms with Crippen LogP contribution in [0, 0.1) is 0 Å². The van der Waals surface area contributed by atoms with E-state index in [2.05, 4.69) is 41.5 Å². The van der Waals surface area contributed by atoms with Gasteiger partial charge in [0.05, 0.1) is 0 Å². The molecule has 0 aromatic rings. The van der Waals surface area contributed by atoms with Crippen LogP contribution in [0.2, 0.25) is 0 Å². The lowest BCUT2D eigenvalue weighted by molar-refractivity contribution is -0.138. The van der Waals surface area contributed by atoms with E-state index in [1.54, 1.807) is 0 Å². The Hall–Kier alpha value is -3.18. The Labute approximate surface area is 749 Å². The lowest BCUT2D eigenvalue weighted by Crippen LogP contribution is -1.93. The zero-order valence-corrected chi connectivity index (χ0v) is 82.0. The average Bonchev–Trinajstić information content (AvgIpc) is 1.37. The van der Waals surface area contributed by atoms with Gasteiger partial charge in [-0.1, -0.05) is 581 Å². The second-order valence-electron chi connectivity index (χ2n) is 36.6. The molecule has 0 rings (SSSR count). The molecule has 0 bridgehead atoms. The molecule has 120 heavy (non-hydrogen) atoms. The average molecular weight is 1710 g/mol. The van der Waals surface area contributed by atoms with E-state index in [1.165, 1.54) is 501 Å². The minimum Gasteiger partial charge on any atom is -0.481 e. The Kier molecular flexibility index (Phi) is 132. The maximum absolute atomic E-state index is 10.3. The summed E-state index contributed by atoms with van der Waals surface area (Å²) in [6.45, 7) is 13.6. The van der Waals surface area contributed by atoms with Gasteiger partial charge in [-0.3, -0.25) is 28.8 Å². The predicted octanol–water partition coefficient (Wildman–Crippen LogP) is 38.0. The van der Waals surface area contributed by atoms with E-state index in [4.69, 9.17) is 30.6 Å². The monoisotopic (exact) mass is 1710 g/mol. The van der Waals surface area contributed by atoms with Crippen molar-refractivity contribution < 1.29 is 59.4 Å². The number of carbonyl (C=O) groups is 6. The van der Waals surface area contributed by atoms with Crippen molar-refractivity contribution in [3.05, 3.63) is 0 Å². The van der Waals surface area contributed by atoms with Gasteiger partial charge in [-0.15, -0.1) is 0 Å². The quantitative estimate of drug-likeness (QED) is 0.0313. The van der Waals surface area contributed by atoms with Gasteiger partial charge < -0.3 is 30.6 Å². The summed E-state index contributed by atoms with van der Waals surface area (Å²) in [5, 5.41) is 51.1. The molecule has 6 N–H and O–H groups in total. The van der Waals surface area contributed by atoms with E-state index in [9.17, 15) is 28.8 Å². The van der Waals surface area contributed by atoms with Crippen molar-refractivity contribution in [2.75, 3.05) is 0 Å². The summed E-state index contributed by atoms with van der Waals surface area (Å²) in [5.74, 6) is -3.92. The topological polar surface area (TPSA) is 224 Å². The summed E-state index contributed by atoms with van der Waals surface area (Å²) in [4.78, 5) is 62.0. The highest BCUT2D eigenvalue weighted by Crippen LogP contribution is 2.21. The number of aliphatic carboxylic acids is 6. The van der Waals surface area contributed by atoms with Crippen LogP contribution in [0.1, 0.15) is 658 Å². The maximum atomic E-state index is 10.3. The number of rotatable bonds is 96. The first-order valence-electron chi connectivity index (χ1n) is 53.9. The van der Waals surface area contributed by atoms with Crippen molar-refractivity contribution in [1.29, 1.82) is 0 Å². The van der Waals surface area contributed by atoms with E-state index in [0.29, 0.717) is 38.5 Å². The van der Waals surface area contributed by atoms with Crippen LogP contribution < -0.4 is 0 Å². The second kappa shape index (κ2) is 124. The molecule has 0 spiro atoms. The first-order chi connectivity index (χ1) is 58.6. The van der Waals surface area contributed by atoms with Crippen LogP contribution in [0.15, 0.2) is 0 Å². The summed E-state index contributed by atoms with van der Waals surface area (Å²) in [5.41, 5.74) is 0. The molecule has 0 atom stereocenters. The van der Waals surface area contributed by atoms with E-state index >= 15 is 0 Å². The molecule has 0 fully saturated rings. The molecule has 0 saturated heterocycles. The first-order valence-corrected chi connectivity index (χ1v) is 53.9. The minimum atomic E-state index is -0.653. The van der Waals surface area contributed by atoms with Crippen LogP contribution >= 0.6 is 0 Å². The summed E-state index contributed by atoms with van der Waals surface area (Å²) >= 11 is 0. The highest BCUT2D eigenvalue weighted by atomic mass is 16.4. The smallest absolute Gasteiger partial charge is 0.303 e. The zero-order valence-electron chi connectivity index (χ0n) is 82.0. The van der Waals surface area contributed by atoms with E-state index in [-0.39, 0.29) is 0 Å². The lowest BCUT2D eigenvalue weighted by atomic mass is 10.0. The number of carboxylic acids is 6. The molecule has 0 saturated carbocycles. The third kappa shape index (κ3) is 152. The van der Waals surface area contributed by atoms with Gasteiger partial charge in [-0.25, -0.2) is 0 Å². The van der Waals surface area contributed by atoms with E-state index in [0.717, 1.165) is 77.0 Å². The van der Waals surface area contributed by atoms with E-state index in [1.807, 2.05) is 0 Å². The molecule has 0 aliphatic carbocycles. The van der Waals surface area contributed by atoms with Gasteiger partial charge >= 0.3 is 35.8 Å². The largest absolute Gasteiger partial charge is 0.481 e. The lowest BCUT2D eigenvalue weighted by Gasteiger charge is -2.03. The zero-order chi connectivity index (χ0) is 89.3. The third-order valence-electron chi connectivity index (χ3n) is 24.0. The van der Waals surface area contributed by atoms with Crippen molar-refractivity contribution in [1.82, 2.24) is 0 Å². The van der Waals surface area contributed by atoms with Gasteiger partial charge in [0.15, 0.2) is 0 Å². The molecule has 0 aliphatic heterocycles. The Morgan fingerprint density at radius 1 is 0.100 bits per heavy atom. The van der Waals surface area contributed by atoms with Gasteiger partial charge in [0, 0.05) is 38.5 Å². The van der Waals surface area contributed by atoms with Gasteiger partial charge in [0.25, 0.3) is 0 Å². The number of hydrogen-bond acceptors (Lipinski definition) is 6. The highest BCUT2D eigenvalue weighted by molar-refractivity contribution is 5.68. The molecule has 0 unspecified atom stereocenters. The molecule has 0 aromatic heterocycles. The van der Waals surface area contributed by atoms with Crippen LogP contribution in [-0.4, -0.2) is 66.5 Å². The molecule has 0 aromatic carbocycles. The number of hydrogen-bond donors (Lipinski definition) is 6. The van der Waals surface area contributed by atoms with Crippen molar-refractivity contribution in [2.45, 2.75) is 658 Å². The standard InChI is InChI=1S/6C18H36O2/c6*1-2-3-4-5-6-7-8-9-10-11-12-13-14-15-16-17-18(19)20/h6*2-17H2,1H3,(H,19,20). The Morgan fingerprint density at radius 2 is 0.150 bits per heavy atom. The normalized spacial score (nSPS) is 10.8. The molecule has 0 radical (unpaired) electrons. The van der Waals surface area contributed by atoms with E-state index < -0.39 is 35.8 Å². The van der Waals surface area contributed by atoms with Crippen molar-refractivity contribution in [3.63, 3.8) is 0 Å². The second-order valence-corrected chi connectivity index (χ2v) is 36.6. The van der Waals surface area contributed by atoms with Gasteiger partial charge in [-0.05, 0) is 38.5 Å². The summed E-state index contributed by atoms with van der Waals surface area (Å²) in [7, 11) is 0. The van der Waals surface area contributed by atoms with Crippen LogP contribution in [0.5, 0.6) is 0 Å². The summed E-state index contributed by atoms with van der Waals surface area (Å²) < 4.78 is 0. The van der Waals surface area contributed by atoms with Gasteiger partial charge in [0.2, 0.25) is 0 Å². The Bertz CT molecular complexity index is 1550. The van der Waals surface area contributed by atoms with Crippen molar-refractivity contribution >= 4 is 35.8 Å². The first kappa shape index (κ1) is 128. The summed E-state index contributed by atoms with van der Waals surface area (Å²) in [6.07, 6.45) is 121. The van der Waals surface area contributed by atoms with Crippen LogP contribution in [0.3, 0.4) is 0 Å². The van der Waals surface area contributed by atoms with Crippen LogP contribution in [-0.2, 0) is 28.8 Å². The Balaban J connectivity index is -0.000000325. The fourth-order valence-electron chi connectivity index (χ4n) is 15.9. The van der Waals surface area contributed by atoms with Gasteiger partial charge in [-0.2, -0.15) is 0 Å². The van der Waals surface area contributed by atoms with Crippen LogP contribution in [0.25, 0.3) is 0 Å². The maximum Gasteiger partial charge on any atom is 0.303 e. The van der Waals surface area contributed by atoms with Crippen molar-refractivity contribution in [2.24, 2.45) is 0 Å².